The summed E-state index contributed by atoms with van der Waals surface area (Å²) in [5, 5.41) is 11.3. The fourth-order valence-corrected chi connectivity index (χ4v) is 6.88. The topological polar surface area (TPSA) is 118 Å². The molecule has 0 spiro atoms. The minimum atomic E-state index is -0.766. The molecule has 2 aromatic carbocycles. The van der Waals surface area contributed by atoms with Crippen LogP contribution < -0.4 is 9.64 Å². The summed E-state index contributed by atoms with van der Waals surface area (Å²) in [7, 11) is 0. The summed E-state index contributed by atoms with van der Waals surface area (Å²) in [6.45, 7) is 5.16. The van der Waals surface area contributed by atoms with Crippen molar-refractivity contribution in [3.05, 3.63) is 88.0 Å². The number of carbonyl (C=O) groups excluding carboxylic acids is 5. The minimum absolute atomic E-state index is 0.122. The van der Waals surface area contributed by atoms with Crippen LogP contribution in [0, 0.1) is 17.8 Å². The maximum atomic E-state index is 14.0. The molecule has 3 aliphatic carbocycles. The summed E-state index contributed by atoms with van der Waals surface area (Å²) >= 11 is 0. The van der Waals surface area contributed by atoms with Gasteiger partial charge in [-0.15, -0.1) is 0 Å². The Morgan fingerprint density at radius 2 is 1.76 bits per heavy atom. The second-order valence-corrected chi connectivity index (χ2v) is 11.0. The number of allylic oxidation sites excluding steroid dienone is 6. The first-order chi connectivity index (χ1) is 19.6. The second-order valence-electron chi connectivity index (χ2n) is 11.0. The van der Waals surface area contributed by atoms with E-state index < -0.39 is 23.7 Å². The van der Waals surface area contributed by atoms with E-state index in [1.54, 1.807) is 56.3 Å². The highest BCUT2D eigenvalue weighted by Crippen LogP contribution is 2.57. The zero-order valence-corrected chi connectivity index (χ0v) is 23.0. The Labute approximate surface area is 237 Å². The lowest BCUT2D eigenvalue weighted by molar-refractivity contribution is -0.123. The average molecular weight is 552 g/mol. The lowest BCUT2D eigenvalue weighted by atomic mass is 9.59. The summed E-state index contributed by atoms with van der Waals surface area (Å²) < 4.78 is 5.62. The molecule has 4 aliphatic rings. The Bertz CT molecular complexity index is 1640. The van der Waals surface area contributed by atoms with E-state index in [2.05, 4.69) is 0 Å². The highest BCUT2D eigenvalue weighted by Gasteiger charge is 2.56. The normalized spacial score (nSPS) is 25.4. The molecule has 208 valence electrons. The van der Waals surface area contributed by atoms with Crippen LogP contribution in [0.4, 0.5) is 5.69 Å². The number of Topliss-reactive ketones (excluding diaryl/α,β-unsaturated/α-hetero) is 2. The Kier molecular flexibility index (Phi) is 6.36. The van der Waals surface area contributed by atoms with Gasteiger partial charge in [0.25, 0.3) is 0 Å². The summed E-state index contributed by atoms with van der Waals surface area (Å²) in [5.41, 5.74) is 2.98. The first-order valence-electron chi connectivity index (χ1n) is 13.8. The molecule has 2 amide bonds. The lowest BCUT2D eigenvalue weighted by Gasteiger charge is -2.42. The smallest absolute Gasteiger partial charge is 0.238 e. The van der Waals surface area contributed by atoms with Crippen molar-refractivity contribution in [3.63, 3.8) is 0 Å². The van der Waals surface area contributed by atoms with Crippen LogP contribution in [0.15, 0.2) is 76.9 Å². The molecule has 1 fully saturated rings. The fourth-order valence-electron chi connectivity index (χ4n) is 6.88. The summed E-state index contributed by atoms with van der Waals surface area (Å²) in [6, 6.07) is 11.4. The number of carbonyl (C=O) groups is 5. The van der Waals surface area contributed by atoms with Crippen molar-refractivity contribution in [2.45, 2.75) is 39.5 Å². The Hall–Kier alpha value is -4.59. The van der Waals surface area contributed by atoms with E-state index in [1.165, 1.54) is 17.9 Å². The number of rotatable bonds is 5. The largest absolute Gasteiger partial charge is 0.504 e. The number of ketones is 3. The van der Waals surface area contributed by atoms with Crippen LogP contribution >= 0.6 is 0 Å². The van der Waals surface area contributed by atoms with E-state index in [0.717, 1.165) is 5.57 Å². The van der Waals surface area contributed by atoms with Crippen molar-refractivity contribution < 1.29 is 33.8 Å². The van der Waals surface area contributed by atoms with Gasteiger partial charge in [0, 0.05) is 33.8 Å². The van der Waals surface area contributed by atoms with Crippen LogP contribution in [0.5, 0.6) is 11.5 Å². The van der Waals surface area contributed by atoms with Crippen molar-refractivity contribution >= 4 is 34.9 Å². The second kappa shape index (κ2) is 9.80. The summed E-state index contributed by atoms with van der Waals surface area (Å²) in [4.78, 5) is 67.4. The molecule has 0 aromatic heterocycles. The van der Waals surface area contributed by atoms with Gasteiger partial charge in [0.1, 0.15) is 0 Å². The maximum absolute atomic E-state index is 14.0. The van der Waals surface area contributed by atoms with Gasteiger partial charge in [-0.1, -0.05) is 23.8 Å². The van der Waals surface area contributed by atoms with E-state index in [1.807, 2.05) is 6.08 Å². The molecule has 2 aromatic rings. The van der Waals surface area contributed by atoms with Crippen LogP contribution in [0.3, 0.4) is 0 Å². The minimum Gasteiger partial charge on any atom is -0.504 e. The Morgan fingerprint density at radius 3 is 2.44 bits per heavy atom. The number of hydrogen-bond acceptors (Lipinski definition) is 7. The molecular weight excluding hydrogens is 522 g/mol. The summed E-state index contributed by atoms with van der Waals surface area (Å²) in [5.74, 6) is -3.90. The predicted octanol–water partition coefficient (Wildman–Crippen LogP) is 4.63. The van der Waals surface area contributed by atoms with Crippen LogP contribution in [-0.4, -0.2) is 40.9 Å². The number of phenolic OH excluding ortho intramolecular Hbond substituents is 1. The van der Waals surface area contributed by atoms with E-state index in [0.29, 0.717) is 40.1 Å². The number of phenols is 1. The third-order valence-corrected chi connectivity index (χ3v) is 8.74. The molecule has 41 heavy (non-hydrogen) atoms. The molecule has 0 unspecified atom stereocenters. The van der Waals surface area contributed by atoms with Crippen LogP contribution in [0.25, 0.3) is 0 Å². The highest BCUT2D eigenvalue weighted by molar-refractivity contribution is 6.25. The number of nitrogens with zero attached hydrogens (tertiary/aromatic N) is 1. The molecule has 1 heterocycles. The van der Waals surface area contributed by atoms with Gasteiger partial charge in [-0.25, -0.2) is 0 Å². The SMILES string of the molecule is CCOc1cccc([C@H]2C3=CC[C@@H]4C(=O)N(c5ccc(C(C)=O)cc5)C(=O)[C@@H]4[C@@H]3CC3=C2C(=O)C=C(C)C3=O)c1O. The first-order valence-corrected chi connectivity index (χ1v) is 13.8. The van der Waals surface area contributed by atoms with Crippen LogP contribution in [-0.2, 0) is 19.2 Å². The number of hydrogen-bond donors (Lipinski definition) is 1. The Morgan fingerprint density at radius 1 is 1.02 bits per heavy atom. The number of aromatic hydroxyl groups is 1. The first kappa shape index (κ1) is 26.6. The predicted molar refractivity (Wildman–Crippen MR) is 150 cm³/mol. The zero-order valence-electron chi connectivity index (χ0n) is 23.0. The fraction of sp³-hybridized carbons (Fsp3) is 0.303. The zero-order chi connectivity index (χ0) is 29.2. The van der Waals surface area contributed by atoms with Crippen molar-refractivity contribution in [3.8, 4) is 11.5 Å². The monoisotopic (exact) mass is 551 g/mol. The van der Waals surface area contributed by atoms with Gasteiger partial charge in [-0.3, -0.25) is 28.9 Å². The number of fused-ring (bicyclic) bond motifs is 3. The van der Waals surface area contributed by atoms with Crippen LogP contribution in [0.1, 0.15) is 55.5 Å². The van der Waals surface area contributed by atoms with Gasteiger partial charge in [-0.2, -0.15) is 0 Å². The lowest BCUT2D eigenvalue weighted by Crippen LogP contribution is -2.39. The van der Waals surface area contributed by atoms with Crippen molar-refractivity contribution in [1.29, 1.82) is 0 Å². The highest BCUT2D eigenvalue weighted by atomic mass is 16.5. The molecule has 0 radical (unpaired) electrons. The number of benzene rings is 2. The van der Waals surface area contributed by atoms with Gasteiger partial charge < -0.3 is 9.84 Å². The van der Waals surface area contributed by atoms with Crippen molar-refractivity contribution in [1.82, 2.24) is 0 Å². The number of ether oxygens (including phenoxy) is 1. The van der Waals surface area contributed by atoms with E-state index in [-0.39, 0.29) is 53.5 Å². The molecule has 1 aliphatic heterocycles. The van der Waals surface area contributed by atoms with Gasteiger partial charge in [0.05, 0.1) is 24.1 Å². The molecule has 4 atom stereocenters. The van der Waals surface area contributed by atoms with Gasteiger partial charge in [0.15, 0.2) is 28.8 Å². The molecule has 0 bridgehead atoms. The number of para-hydroxylation sites is 1. The van der Waals surface area contributed by atoms with Crippen molar-refractivity contribution in [2.24, 2.45) is 17.8 Å². The molecular formula is C33H29NO7. The summed E-state index contributed by atoms with van der Waals surface area (Å²) in [6.07, 6.45) is 3.67. The van der Waals surface area contributed by atoms with E-state index >= 15 is 0 Å². The number of anilines is 1. The maximum Gasteiger partial charge on any atom is 0.238 e. The quantitative estimate of drug-likeness (QED) is 0.249. The molecule has 8 nitrogen and oxygen atoms in total. The van der Waals surface area contributed by atoms with E-state index in [9.17, 15) is 29.1 Å². The van der Waals surface area contributed by atoms with Gasteiger partial charge in [0.2, 0.25) is 11.8 Å². The number of imide groups is 1. The number of amides is 2. The molecule has 1 N–H and O–H groups in total. The van der Waals surface area contributed by atoms with E-state index in [4.69, 9.17) is 4.74 Å². The molecule has 0 saturated carbocycles. The van der Waals surface area contributed by atoms with Gasteiger partial charge in [-0.05, 0) is 75.9 Å². The molecule has 1 saturated heterocycles. The van der Waals surface area contributed by atoms with Crippen LogP contribution in [0.2, 0.25) is 0 Å². The molecule has 8 heteroatoms. The standard InChI is InChI=1S/C33H29NO7/c1-4-41-26-7-5-6-21(31(26)38)27-20-12-13-22-28(23(20)15-24-29(27)25(36)14-16(2)30(24)37)33(40)34(32(22)39)19-10-8-18(9-11-19)17(3)35/h5-12,14,22-23,27-28,38H,4,13,15H2,1-3H3/t22-,23+,27+,28-/m0/s1. The third-order valence-electron chi connectivity index (χ3n) is 8.74. The third kappa shape index (κ3) is 4.00. The van der Waals surface area contributed by atoms with Crippen molar-refractivity contribution in [2.75, 3.05) is 11.5 Å². The Balaban J connectivity index is 1.47. The average Bonchev–Trinajstić information content (AvgIpc) is 3.21. The van der Waals surface area contributed by atoms with Gasteiger partial charge >= 0.3 is 0 Å². The molecule has 6 rings (SSSR count).